The lowest BCUT2D eigenvalue weighted by Crippen LogP contribution is -2.31. The Balaban J connectivity index is 1.98. The first-order chi connectivity index (χ1) is 9.38. The molecule has 0 spiro atoms. The van der Waals surface area contributed by atoms with Gasteiger partial charge in [-0.3, -0.25) is 9.69 Å². The predicted molar refractivity (Wildman–Crippen MR) is 68.6 cm³/mol. The van der Waals surface area contributed by atoms with E-state index in [1.165, 1.54) is 17.0 Å². The summed E-state index contributed by atoms with van der Waals surface area (Å²) in [5.41, 5.74) is 0.0148. The lowest BCUT2D eigenvalue weighted by Gasteiger charge is -2.20. The van der Waals surface area contributed by atoms with Crippen LogP contribution in [0.1, 0.15) is 25.3 Å². The molecule has 6 heteroatoms. The van der Waals surface area contributed by atoms with Gasteiger partial charge in [0.05, 0.1) is 6.54 Å². The number of carbonyl (C=O) groups is 2. The molecule has 108 valence electrons. The van der Waals surface area contributed by atoms with Crippen LogP contribution in [0.4, 0.5) is 9.18 Å². The molecule has 1 N–H and O–H groups in total. The Morgan fingerprint density at radius 2 is 2.10 bits per heavy atom. The molecule has 1 aromatic carbocycles. The van der Waals surface area contributed by atoms with Crippen LogP contribution in [0.15, 0.2) is 24.3 Å². The molecule has 0 aliphatic carbocycles. The van der Waals surface area contributed by atoms with E-state index < -0.39 is 17.7 Å². The Bertz CT molecular complexity index is 516. The molecule has 1 saturated heterocycles. The second-order valence-corrected chi connectivity index (χ2v) is 5.19. The smallest absolute Gasteiger partial charge is 0.410 e. The van der Waals surface area contributed by atoms with E-state index in [2.05, 4.69) is 0 Å². The zero-order valence-electron chi connectivity index (χ0n) is 11.1. The summed E-state index contributed by atoms with van der Waals surface area (Å²) < 4.78 is 18.1. The summed E-state index contributed by atoms with van der Waals surface area (Å²) in [5, 5.41) is 8.69. The van der Waals surface area contributed by atoms with Crippen LogP contribution in [-0.2, 0) is 16.1 Å². The van der Waals surface area contributed by atoms with E-state index in [1.54, 1.807) is 19.1 Å². The third kappa shape index (κ3) is 3.46. The maximum absolute atomic E-state index is 12.8. The molecular formula is C14H16FNO4. The summed E-state index contributed by atoms with van der Waals surface area (Å²) in [5.74, 6) is -1.25. The van der Waals surface area contributed by atoms with Gasteiger partial charge in [0.2, 0.25) is 0 Å². The summed E-state index contributed by atoms with van der Waals surface area (Å²) in [7, 11) is 0. The third-order valence-corrected chi connectivity index (χ3v) is 3.27. The van der Waals surface area contributed by atoms with E-state index >= 15 is 0 Å². The average Bonchev–Trinajstić information content (AvgIpc) is 2.66. The summed E-state index contributed by atoms with van der Waals surface area (Å²) in [6.45, 7) is 2.37. The van der Waals surface area contributed by atoms with E-state index in [0.29, 0.717) is 13.1 Å². The van der Waals surface area contributed by atoms with E-state index in [4.69, 9.17) is 9.84 Å². The highest BCUT2D eigenvalue weighted by Gasteiger charge is 2.41. The summed E-state index contributed by atoms with van der Waals surface area (Å²) in [6.07, 6.45) is -0.246. The van der Waals surface area contributed by atoms with Gasteiger partial charge < -0.3 is 9.84 Å². The molecule has 5 nitrogen and oxygen atoms in total. The van der Waals surface area contributed by atoms with Crippen molar-refractivity contribution in [3.8, 4) is 0 Å². The summed E-state index contributed by atoms with van der Waals surface area (Å²) >= 11 is 0. The second kappa shape index (κ2) is 5.48. The van der Waals surface area contributed by atoms with Crippen molar-refractivity contribution in [2.75, 3.05) is 6.54 Å². The Hall–Kier alpha value is -2.11. The molecule has 0 bridgehead atoms. The number of rotatable bonds is 5. The van der Waals surface area contributed by atoms with Gasteiger partial charge in [0.25, 0.3) is 0 Å². The molecule has 2 rings (SSSR count). The fourth-order valence-corrected chi connectivity index (χ4v) is 2.21. The van der Waals surface area contributed by atoms with Gasteiger partial charge in [0.15, 0.2) is 0 Å². The minimum Gasteiger partial charge on any atom is -0.481 e. The maximum atomic E-state index is 12.8. The van der Waals surface area contributed by atoms with Crippen LogP contribution in [-0.4, -0.2) is 34.2 Å². The molecule has 1 aliphatic heterocycles. The Morgan fingerprint density at radius 3 is 2.70 bits per heavy atom. The van der Waals surface area contributed by atoms with Gasteiger partial charge in [-0.1, -0.05) is 12.1 Å². The van der Waals surface area contributed by atoms with Crippen LogP contribution in [0.5, 0.6) is 0 Å². The summed E-state index contributed by atoms with van der Waals surface area (Å²) in [4.78, 5) is 23.9. The van der Waals surface area contributed by atoms with E-state index in [9.17, 15) is 14.0 Å². The largest absolute Gasteiger partial charge is 0.481 e. The normalized spacial score (nSPS) is 21.9. The van der Waals surface area contributed by atoms with E-state index in [1.807, 2.05) is 0 Å². The van der Waals surface area contributed by atoms with Crippen LogP contribution in [0.3, 0.4) is 0 Å². The number of halogens is 1. The molecule has 1 fully saturated rings. The molecule has 20 heavy (non-hydrogen) atoms. The molecule has 0 saturated carbocycles. The number of hydrogen-bond donors (Lipinski definition) is 1. The van der Waals surface area contributed by atoms with Gasteiger partial charge in [-0.2, -0.15) is 0 Å². The minimum absolute atomic E-state index is 0.0475. The number of carboxylic acid groups (broad SMARTS) is 1. The number of amides is 1. The lowest BCUT2D eigenvalue weighted by atomic mass is 10.00. The third-order valence-electron chi connectivity index (χ3n) is 3.27. The zero-order chi connectivity index (χ0) is 14.8. The first-order valence-electron chi connectivity index (χ1n) is 6.32. The van der Waals surface area contributed by atoms with Gasteiger partial charge in [-0.15, -0.1) is 0 Å². The molecule has 1 amide bonds. The number of ether oxygens (including phenoxy) is 1. The van der Waals surface area contributed by atoms with E-state index in [0.717, 1.165) is 5.56 Å². The van der Waals surface area contributed by atoms with Crippen molar-refractivity contribution in [2.45, 2.75) is 31.9 Å². The topological polar surface area (TPSA) is 66.8 Å². The predicted octanol–water partition coefficient (Wildman–Crippen LogP) is 2.40. The molecular weight excluding hydrogens is 265 g/mol. The molecule has 0 radical (unpaired) electrons. The quantitative estimate of drug-likeness (QED) is 0.900. The van der Waals surface area contributed by atoms with Gasteiger partial charge >= 0.3 is 12.1 Å². The number of hydrogen-bond acceptors (Lipinski definition) is 3. The first kappa shape index (κ1) is 14.3. The molecule has 1 unspecified atom stereocenters. The van der Waals surface area contributed by atoms with Crippen molar-refractivity contribution in [3.63, 3.8) is 0 Å². The number of carbonyl (C=O) groups excluding carboxylic acids is 1. The SMILES string of the molecule is CC1(CCC(=O)O)CN(Cc2ccc(F)cc2)C(=O)O1. The van der Waals surface area contributed by atoms with Gasteiger partial charge in [0.1, 0.15) is 11.4 Å². The minimum atomic E-state index is -0.917. The number of cyclic esters (lactones) is 1. The van der Waals surface area contributed by atoms with Crippen molar-refractivity contribution < 1.29 is 23.8 Å². The highest BCUT2D eigenvalue weighted by molar-refractivity contribution is 5.71. The van der Waals surface area contributed by atoms with Gasteiger partial charge in [-0.05, 0) is 31.0 Å². The monoisotopic (exact) mass is 281 g/mol. The number of benzene rings is 1. The van der Waals surface area contributed by atoms with Crippen molar-refractivity contribution in [2.24, 2.45) is 0 Å². The fraction of sp³-hybridized carbons (Fsp3) is 0.429. The molecule has 1 aliphatic rings. The van der Waals surface area contributed by atoms with Crippen LogP contribution in [0, 0.1) is 5.82 Å². The van der Waals surface area contributed by atoms with Crippen LogP contribution < -0.4 is 0 Å². The maximum Gasteiger partial charge on any atom is 0.410 e. The Morgan fingerprint density at radius 1 is 1.45 bits per heavy atom. The molecule has 1 atom stereocenters. The molecule has 1 heterocycles. The highest BCUT2D eigenvalue weighted by atomic mass is 19.1. The van der Waals surface area contributed by atoms with E-state index in [-0.39, 0.29) is 18.7 Å². The van der Waals surface area contributed by atoms with Crippen LogP contribution >= 0.6 is 0 Å². The van der Waals surface area contributed by atoms with Gasteiger partial charge in [-0.25, -0.2) is 9.18 Å². The van der Waals surface area contributed by atoms with Crippen molar-refractivity contribution in [3.05, 3.63) is 35.6 Å². The number of aliphatic carboxylic acids is 1. The Kier molecular flexibility index (Phi) is 3.92. The average molecular weight is 281 g/mol. The van der Waals surface area contributed by atoms with Crippen LogP contribution in [0.2, 0.25) is 0 Å². The zero-order valence-corrected chi connectivity index (χ0v) is 11.1. The van der Waals surface area contributed by atoms with Crippen LogP contribution in [0.25, 0.3) is 0 Å². The molecule has 1 aromatic rings. The first-order valence-corrected chi connectivity index (χ1v) is 6.32. The van der Waals surface area contributed by atoms with Gasteiger partial charge in [0, 0.05) is 13.0 Å². The lowest BCUT2D eigenvalue weighted by molar-refractivity contribution is -0.138. The fourth-order valence-electron chi connectivity index (χ4n) is 2.21. The van der Waals surface area contributed by atoms with Crippen molar-refractivity contribution in [1.82, 2.24) is 4.90 Å². The molecule has 0 aromatic heterocycles. The van der Waals surface area contributed by atoms with Crippen molar-refractivity contribution >= 4 is 12.1 Å². The van der Waals surface area contributed by atoms with Crippen molar-refractivity contribution in [1.29, 1.82) is 0 Å². The standard InChI is InChI=1S/C14H16FNO4/c1-14(7-6-12(17)18)9-16(13(19)20-14)8-10-2-4-11(15)5-3-10/h2-5H,6-9H2,1H3,(H,17,18). The second-order valence-electron chi connectivity index (χ2n) is 5.19. The summed E-state index contributed by atoms with van der Waals surface area (Å²) in [6, 6.07) is 5.88. The highest BCUT2D eigenvalue weighted by Crippen LogP contribution is 2.28. The Labute approximate surface area is 116 Å². The number of nitrogens with zero attached hydrogens (tertiary/aromatic N) is 1. The number of carboxylic acids is 1.